The van der Waals surface area contributed by atoms with E-state index in [0.717, 1.165) is 65.1 Å². The molecule has 8 heteroatoms. The maximum atomic E-state index is 13.4. The van der Waals surface area contributed by atoms with Gasteiger partial charge >= 0.3 is 0 Å². The lowest BCUT2D eigenvalue weighted by Crippen LogP contribution is -2.48. The first-order valence-corrected chi connectivity index (χ1v) is 11.0. The van der Waals surface area contributed by atoms with Gasteiger partial charge in [0.05, 0.1) is 5.92 Å². The monoisotopic (exact) mass is 431 g/mol. The fraction of sp³-hybridized carbons (Fsp3) is 0.609. The quantitative estimate of drug-likeness (QED) is 0.706. The molecule has 2 saturated heterocycles. The zero-order chi connectivity index (χ0) is 22.2. The number of amides is 2. The van der Waals surface area contributed by atoms with Crippen molar-refractivity contribution >= 4 is 18.3 Å². The first-order valence-electron chi connectivity index (χ1n) is 11.0. The van der Waals surface area contributed by atoms with Crippen LogP contribution >= 0.6 is 0 Å². The molecule has 1 aromatic rings. The molecule has 0 saturated carbocycles. The van der Waals surface area contributed by atoms with Gasteiger partial charge in [0.1, 0.15) is 0 Å². The second-order valence-corrected chi connectivity index (χ2v) is 8.54. The standard InChI is InChI=1S/C22H31N3O3.CH2O2/c1-16(26)23-20-7-6-19(14-24(15-20)21-8-10-28-11-9-21)22(27)25-12-17-4-2-3-5-18(17)13-25;2-1-3/h2-5,19-21H,6-15H2,1H3,(H,23,26);1H,(H,2,3)/t19-,20+;/m1./s1. The number of carbonyl (C=O) groups excluding carboxylic acids is 2. The number of ether oxygens (including phenoxy) is 1. The average molecular weight is 432 g/mol. The molecule has 2 fully saturated rings. The zero-order valence-electron chi connectivity index (χ0n) is 18.2. The molecule has 0 aliphatic carbocycles. The fourth-order valence-corrected chi connectivity index (χ4v) is 4.93. The van der Waals surface area contributed by atoms with Gasteiger partial charge in [0, 0.05) is 58.4 Å². The molecule has 3 aliphatic rings. The topological polar surface area (TPSA) is 99.2 Å². The third-order valence-electron chi connectivity index (χ3n) is 6.39. The number of carbonyl (C=O) groups is 3. The zero-order valence-corrected chi connectivity index (χ0v) is 18.2. The lowest BCUT2D eigenvalue weighted by atomic mass is 9.99. The van der Waals surface area contributed by atoms with Crippen molar-refractivity contribution in [2.75, 3.05) is 26.3 Å². The van der Waals surface area contributed by atoms with Crippen LogP contribution in [-0.4, -0.2) is 71.6 Å². The van der Waals surface area contributed by atoms with Crippen LogP contribution in [0.4, 0.5) is 0 Å². The first-order chi connectivity index (χ1) is 15.0. The van der Waals surface area contributed by atoms with Gasteiger partial charge in [-0.2, -0.15) is 0 Å². The molecule has 0 spiro atoms. The van der Waals surface area contributed by atoms with Crippen molar-refractivity contribution in [2.45, 2.75) is 57.8 Å². The van der Waals surface area contributed by atoms with E-state index in [2.05, 4.69) is 22.3 Å². The highest BCUT2D eigenvalue weighted by atomic mass is 16.5. The van der Waals surface area contributed by atoms with Crippen molar-refractivity contribution in [1.82, 2.24) is 15.1 Å². The molecular weight excluding hydrogens is 398 g/mol. The van der Waals surface area contributed by atoms with Gasteiger partial charge in [-0.15, -0.1) is 0 Å². The summed E-state index contributed by atoms with van der Waals surface area (Å²) in [4.78, 5) is 37.8. The van der Waals surface area contributed by atoms with E-state index in [0.29, 0.717) is 6.04 Å². The van der Waals surface area contributed by atoms with E-state index < -0.39 is 0 Å². The summed E-state index contributed by atoms with van der Waals surface area (Å²) in [5.41, 5.74) is 2.53. The number of fused-ring (bicyclic) bond motifs is 1. The number of nitrogens with one attached hydrogen (secondary N) is 1. The lowest BCUT2D eigenvalue weighted by molar-refractivity contribution is -0.137. The first kappa shape index (κ1) is 23.2. The van der Waals surface area contributed by atoms with Gasteiger partial charge in [-0.25, -0.2) is 0 Å². The van der Waals surface area contributed by atoms with Crippen molar-refractivity contribution in [3.05, 3.63) is 35.4 Å². The predicted octanol–water partition coefficient (Wildman–Crippen LogP) is 1.63. The lowest BCUT2D eigenvalue weighted by Gasteiger charge is -2.36. The van der Waals surface area contributed by atoms with Gasteiger partial charge in [-0.05, 0) is 36.8 Å². The van der Waals surface area contributed by atoms with Crippen molar-refractivity contribution < 1.29 is 24.2 Å². The van der Waals surface area contributed by atoms with Gasteiger partial charge < -0.3 is 20.1 Å². The van der Waals surface area contributed by atoms with E-state index in [9.17, 15) is 9.59 Å². The molecule has 0 bridgehead atoms. The number of likely N-dealkylation sites (tertiary alicyclic amines) is 1. The Labute approximate surface area is 183 Å². The predicted molar refractivity (Wildman–Crippen MR) is 115 cm³/mol. The summed E-state index contributed by atoms with van der Waals surface area (Å²) in [6.07, 6.45) is 3.69. The molecule has 4 rings (SSSR count). The maximum Gasteiger partial charge on any atom is 0.290 e. The second-order valence-electron chi connectivity index (χ2n) is 8.54. The van der Waals surface area contributed by atoms with Crippen molar-refractivity contribution in [3.8, 4) is 0 Å². The molecule has 2 N–H and O–H groups in total. The molecule has 2 amide bonds. The largest absolute Gasteiger partial charge is 0.483 e. The van der Waals surface area contributed by atoms with E-state index in [1.165, 1.54) is 11.1 Å². The summed E-state index contributed by atoms with van der Waals surface area (Å²) < 4.78 is 5.53. The Morgan fingerprint density at radius 2 is 1.68 bits per heavy atom. The minimum absolute atomic E-state index is 0.00378. The summed E-state index contributed by atoms with van der Waals surface area (Å²) in [6, 6.07) is 8.89. The highest BCUT2D eigenvalue weighted by molar-refractivity contribution is 5.80. The Morgan fingerprint density at radius 3 is 2.26 bits per heavy atom. The Kier molecular flexibility index (Phi) is 8.43. The SMILES string of the molecule is CC(=O)N[C@H]1CC[C@@H](C(=O)N2Cc3ccccc3C2)CN(C2CCOCC2)C1.O=CO. The Hall–Kier alpha value is -2.45. The molecule has 3 heterocycles. The van der Waals surface area contributed by atoms with Crippen LogP contribution in [-0.2, 0) is 32.2 Å². The van der Waals surface area contributed by atoms with Crippen LogP contribution in [0.25, 0.3) is 0 Å². The highest BCUT2D eigenvalue weighted by Crippen LogP contribution is 2.28. The van der Waals surface area contributed by atoms with Crippen LogP contribution in [0.5, 0.6) is 0 Å². The number of hydrogen-bond donors (Lipinski definition) is 2. The normalized spacial score (nSPS) is 24.4. The highest BCUT2D eigenvalue weighted by Gasteiger charge is 2.35. The third kappa shape index (κ3) is 6.27. The molecule has 8 nitrogen and oxygen atoms in total. The van der Waals surface area contributed by atoms with Crippen LogP contribution in [0.1, 0.15) is 43.7 Å². The summed E-state index contributed by atoms with van der Waals surface area (Å²) in [7, 11) is 0. The summed E-state index contributed by atoms with van der Waals surface area (Å²) >= 11 is 0. The van der Waals surface area contributed by atoms with Crippen LogP contribution < -0.4 is 5.32 Å². The van der Waals surface area contributed by atoms with Gasteiger partial charge in [0.2, 0.25) is 11.8 Å². The molecular formula is C23H33N3O5. The van der Waals surface area contributed by atoms with Crippen LogP contribution in [0.2, 0.25) is 0 Å². The fourth-order valence-electron chi connectivity index (χ4n) is 4.93. The molecule has 3 aliphatic heterocycles. The average Bonchev–Trinajstić information content (AvgIpc) is 3.09. The summed E-state index contributed by atoms with van der Waals surface area (Å²) in [5.74, 6) is 0.268. The number of carboxylic acid groups (broad SMARTS) is 1. The van der Waals surface area contributed by atoms with Crippen molar-refractivity contribution in [2.24, 2.45) is 5.92 Å². The van der Waals surface area contributed by atoms with Crippen molar-refractivity contribution in [1.29, 1.82) is 0 Å². The maximum absolute atomic E-state index is 13.4. The van der Waals surface area contributed by atoms with Gasteiger partial charge in [0.15, 0.2) is 0 Å². The van der Waals surface area contributed by atoms with E-state index in [1.54, 1.807) is 6.92 Å². The van der Waals surface area contributed by atoms with E-state index in [-0.39, 0.29) is 30.2 Å². The molecule has 170 valence electrons. The second kappa shape index (κ2) is 11.2. The number of benzene rings is 1. The number of rotatable bonds is 3. The molecule has 0 radical (unpaired) electrons. The van der Waals surface area contributed by atoms with E-state index in [4.69, 9.17) is 14.6 Å². The third-order valence-corrected chi connectivity index (χ3v) is 6.39. The Morgan fingerprint density at radius 1 is 1.06 bits per heavy atom. The molecule has 0 aromatic heterocycles. The minimum Gasteiger partial charge on any atom is -0.483 e. The van der Waals surface area contributed by atoms with Gasteiger partial charge in [0.25, 0.3) is 6.47 Å². The van der Waals surface area contributed by atoms with Crippen LogP contribution in [0.3, 0.4) is 0 Å². The number of nitrogens with zero attached hydrogens (tertiary/aromatic N) is 2. The summed E-state index contributed by atoms with van der Waals surface area (Å²) in [5, 5.41) is 9.99. The van der Waals surface area contributed by atoms with Crippen molar-refractivity contribution in [3.63, 3.8) is 0 Å². The molecule has 1 aromatic carbocycles. The molecule has 31 heavy (non-hydrogen) atoms. The van der Waals surface area contributed by atoms with Crippen LogP contribution in [0, 0.1) is 5.92 Å². The smallest absolute Gasteiger partial charge is 0.290 e. The molecule has 2 atom stereocenters. The van der Waals surface area contributed by atoms with Gasteiger partial charge in [-0.1, -0.05) is 24.3 Å². The number of hydrogen-bond acceptors (Lipinski definition) is 5. The minimum atomic E-state index is -0.250. The van der Waals surface area contributed by atoms with Crippen LogP contribution in [0.15, 0.2) is 24.3 Å². The summed E-state index contributed by atoms with van der Waals surface area (Å²) in [6.45, 7) is 5.95. The Balaban J connectivity index is 0.000000858. The Bertz CT molecular complexity index is 740. The molecule has 0 unspecified atom stereocenters. The van der Waals surface area contributed by atoms with Gasteiger partial charge in [-0.3, -0.25) is 19.3 Å². The van der Waals surface area contributed by atoms with E-state index >= 15 is 0 Å². The van der Waals surface area contributed by atoms with E-state index in [1.807, 2.05) is 17.0 Å².